The number of halogens is 1. The second-order valence-electron chi connectivity index (χ2n) is 3.61. The summed E-state index contributed by atoms with van der Waals surface area (Å²) < 4.78 is 0.741. The van der Waals surface area contributed by atoms with Crippen LogP contribution in [0.25, 0.3) is 0 Å². The normalized spacial score (nSPS) is 10.4. The lowest BCUT2D eigenvalue weighted by molar-refractivity contribution is -0.121. The zero-order valence-corrected chi connectivity index (χ0v) is 10.2. The SMILES string of the molecule is CC(C)C(=O)CC(=O)c1cncc(Br)c1. The summed E-state index contributed by atoms with van der Waals surface area (Å²) >= 11 is 3.23. The van der Waals surface area contributed by atoms with Crippen LogP contribution in [-0.4, -0.2) is 16.6 Å². The fourth-order valence-electron chi connectivity index (χ4n) is 1.03. The lowest BCUT2D eigenvalue weighted by Crippen LogP contribution is -2.13. The molecule has 15 heavy (non-hydrogen) atoms. The first kappa shape index (κ1) is 12.0. The molecule has 0 aromatic carbocycles. The van der Waals surface area contributed by atoms with E-state index >= 15 is 0 Å². The summed E-state index contributed by atoms with van der Waals surface area (Å²) in [5.41, 5.74) is 0.471. The van der Waals surface area contributed by atoms with Gasteiger partial charge >= 0.3 is 0 Å². The second-order valence-corrected chi connectivity index (χ2v) is 4.53. The second kappa shape index (κ2) is 5.16. The van der Waals surface area contributed by atoms with Gasteiger partial charge in [-0.2, -0.15) is 0 Å². The maximum Gasteiger partial charge on any atom is 0.171 e. The van der Waals surface area contributed by atoms with Crippen molar-refractivity contribution in [1.82, 2.24) is 4.98 Å². The van der Waals surface area contributed by atoms with Gasteiger partial charge in [-0.15, -0.1) is 0 Å². The van der Waals surface area contributed by atoms with Crippen molar-refractivity contribution in [3.05, 3.63) is 28.5 Å². The monoisotopic (exact) mass is 269 g/mol. The molecule has 0 aliphatic rings. The van der Waals surface area contributed by atoms with Crippen molar-refractivity contribution < 1.29 is 9.59 Å². The van der Waals surface area contributed by atoms with Gasteiger partial charge in [0.25, 0.3) is 0 Å². The topological polar surface area (TPSA) is 47.0 Å². The van der Waals surface area contributed by atoms with E-state index in [1.807, 2.05) is 0 Å². The van der Waals surface area contributed by atoms with Crippen molar-refractivity contribution in [2.45, 2.75) is 20.3 Å². The van der Waals surface area contributed by atoms with Crippen molar-refractivity contribution in [3.8, 4) is 0 Å². The van der Waals surface area contributed by atoms with Crippen LogP contribution in [0.3, 0.4) is 0 Å². The van der Waals surface area contributed by atoms with Gasteiger partial charge in [-0.05, 0) is 22.0 Å². The molecule has 0 N–H and O–H groups in total. The predicted molar refractivity (Wildman–Crippen MR) is 60.7 cm³/mol. The predicted octanol–water partition coefficient (Wildman–Crippen LogP) is 2.64. The minimum absolute atomic E-state index is 0.0417. The number of pyridine rings is 1. The first-order chi connectivity index (χ1) is 7.00. The largest absolute Gasteiger partial charge is 0.299 e. The van der Waals surface area contributed by atoms with E-state index in [1.54, 1.807) is 26.1 Å². The molecular weight excluding hydrogens is 258 g/mol. The van der Waals surface area contributed by atoms with Gasteiger partial charge in [0.15, 0.2) is 5.78 Å². The Labute approximate surface area is 97.0 Å². The number of nitrogens with zero attached hydrogens (tertiary/aromatic N) is 1. The highest BCUT2D eigenvalue weighted by Crippen LogP contribution is 2.12. The van der Waals surface area contributed by atoms with Crippen molar-refractivity contribution in [3.63, 3.8) is 0 Å². The van der Waals surface area contributed by atoms with Gasteiger partial charge in [-0.3, -0.25) is 14.6 Å². The van der Waals surface area contributed by atoms with E-state index in [9.17, 15) is 9.59 Å². The Balaban J connectivity index is 2.74. The van der Waals surface area contributed by atoms with E-state index in [4.69, 9.17) is 0 Å². The van der Waals surface area contributed by atoms with Crippen LogP contribution in [0, 0.1) is 5.92 Å². The molecule has 0 fully saturated rings. The molecule has 1 aromatic heterocycles. The molecule has 0 radical (unpaired) electrons. The lowest BCUT2D eigenvalue weighted by atomic mass is 10.0. The van der Waals surface area contributed by atoms with Crippen molar-refractivity contribution in [1.29, 1.82) is 0 Å². The number of carbonyl (C=O) groups is 2. The lowest BCUT2D eigenvalue weighted by Gasteiger charge is -2.03. The first-order valence-electron chi connectivity index (χ1n) is 4.67. The van der Waals surface area contributed by atoms with Crippen LogP contribution in [0.4, 0.5) is 0 Å². The number of rotatable bonds is 4. The number of hydrogen-bond donors (Lipinski definition) is 0. The summed E-state index contributed by atoms with van der Waals surface area (Å²) in [6.45, 7) is 3.57. The van der Waals surface area contributed by atoms with Crippen LogP contribution in [0.1, 0.15) is 30.6 Å². The number of carbonyl (C=O) groups excluding carboxylic acids is 2. The van der Waals surface area contributed by atoms with E-state index in [0.717, 1.165) is 4.47 Å². The summed E-state index contributed by atoms with van der Waals surface area (Å²) in [6.07, 6.45) is 3.03. The third-order valence-corrected chi connectivity index (χ3v) is 2.44. The molecule has 0 aliphatic carbocycles. The Kier molecular flexibility index (Phi) is 4.15. The highest BCUT2D eigenvalue weighted by Gasteiger charge is 2.14. The maximum absolute atomic E-state index is 11.6. The summed E-state index contributed by atoms with van der Waals surface area (Å²) in [5.74, 6) is -0.323. The molecule has 0 unspecified atom stereocenters. The summed E-state index contributed by atoms with van der Waals surface area (Å²) in [6, 6.07) is 1.67. The van der Waals surface area contributed by atoms with E-state index in [-0.39, 0.29) is 23.9 Å². The molecule has 0 amide bonds. The van der Waals surface area contributed by atoms with E-state index in [2.05, 4.69) is 20.9 Å². The highest BCUT2D eigenvalue weighted by molar-refractivity contribution is 9.10. The van der Waals surface area contributed by atoms with Crippen LogP contribution in [-0.2, 0) is 4.79 Å². The van der Waals surface area contributed by atoms with Crippen molar-refractivity contribution in [2.24, 2.45) is 5.92 Å². The first-order valence-corrected chi connectivity index (χ1v) is 5.46. The molecule has 0 spiro atoms. The molecule has 80 valence electrons. The molecule has 1 rings (SSSR count). The Morgan fingerprint density at radius 2 is 2.07 bits per heavy atom. The van der Waals surface area contributed by atoms with Gasteiger partial charge in [-0.1, -0.05) is 13.8 Å². The number of aromatic nitrogens is 1. The molecular formula is C11H12BrNO2. The van der Waals surface area contributed by atoms with Gasteiger partial charge in [0, 0.05) is 28.3 Å². The van der Waals surface area contributed by atoms with E-state index < -0.39 is 0 Å². The Morgan fingerprint density at radius 1 is 1.40 bits per heavy atom. The summed E-state index contributed by atoms with van der Waals surface area (Å²) in [7, 11) is 0. The highest BCUT2D eigenvalue weighted by atomic mass is 79.9. The summed E-state index contributed by atoms with van der Waals surface area (Å²) in [4.78, 5) is 26.9. The molecule has 0 aliphatic heterocycles. The molecule has 0 saturated heterocycles. The standard InChI is InChI=1S/C11H12BrNO2/c1-7(2)10(14)4-11(15)8-3-9(12)6-13-5-8/h3,5-7H,4H2,1-2H3. The van der Waals surface area contributed by atoms with Gasteiger partial charge in [0.2, 0.25) is 0 Å². The fraction of sp³-hybridized carbons (Fsp3) is 0.364. The number of Topliss-reactive ketones (excluding diaryl/α,β-unsaturated/α-hetero) is 2. The van der Waals surface area contributed by atoms with Crippen LogP contribution in [0.5, 0.6) is 0 Å². The molecule has 1 aromatic rings. The smallest absolute Gasteiger partial charge is 0.171 e. The Morgan fingerprint density at radius 3 is 2.60 bits per heavy atom. The van der Waals surface area contributed by atoms with Crippen LogP contribution < -0.4 is 0 Å². The van der Waals surface area contributed by atoms with E-state index in [0.29, 0.717) is 5.56 Å². The molecule has 0 atom stereocenters. The fourth-order valence-corrected chi connectivity index (χ4v) is 1.39. The van der Waals surface area contributed by atoms with Crippen LogP contribution in [0.15, 0.2) is 22.9 Å². The average Bonchev–Trinajstić information content (AvgIpc) is 2.17. The van der Waals surface area contributed by atoms with Gasteiger partial charge < -0.3 is 0 Å². The van der Waals surface area contributed by atoms with Gasteiger partial charge in [-0.25, -0.2) is 0 Å². The van der Waals surface area contributed by atoms with Crippen LogP contribution >= 0.6 is 15.9 Å². The Bertz CT molecular complexity index is 388. The van der Waals surface area contributed by atoms with Gasteiger partial charge in [0.1, 0.15) is 5.78 Å². The summed E-state index contributed by atoms with van der Waals surface area (Å²) in [5, 5.41) is 0. The Hall–Kier alpha value is -1.03. The quantitative estimate of drug-likeness (QED) is 0.624. The third-order valence-electron chi connectivity index (χ3n) is 2.01. The van der Waals surface area contributed by atoms with Crippen molar-refractivity contribution in [2.75, 3.05) is 0 Å². The number of ketones is 2. The number of hydrogen-bond acceptors (Lipinski definition) is 3. The third kappa shape index (κ3) is 3.55. The molecule has 0 saturated carbocycles. The van der Waals surface area contributed by atoms with Gasteiger partial charge in [0.05, 0.1) is 6.42 Å². The molecule has 1 heterocycles. The average molecular weight is 270 g/mol. The van der Waals surface area contributed by atoms with Crippen molar-refractivity contribution >= 4 is 27.5 Å². The molecule has 0 bridgehead atoms. The van der Waals surface area contributed by atoms with E-state index in [1.165, 1.54) is 6.20 Å². The molecule has 3 nitrogen and oxygen atoms in total. The molecule has 4 heteroatoms. The van der Waals surface area contributed by atoms with Crippen LogP contribution in [0.2, 0.25) is 0 Å². The minimum Gasteiger partial charge on any atom is -0.299 e. The zero-order chi connectivity index (χ0) is 11.4. The zero-order valence-electron chi connectivity index (χ0n) is 8.66. The minimum atomic E-state index is -0.178. The maximum atomic E-state index is 11.6.